The maximum atomic E-state index is 11.9. The van der Waals surface area contributed by atoms with Gasteiger partial charge in [0.25, 0.3) is 0 Å². The second-order valence-corrected chi connectivity index (χ2v) is 4.83. The molecule has 0 spiro atoms. The largest absolute Gasteiger partial charge is 0.493 e. The summed E-state index contributed by atoms with van der Waals surface area (Å²) in [7, 11) is 4.94. The van der Waals surface area contributed by atoms with Crippen molar-refractivity contribution >= 4 is 17.3 Å². The molecule has 112 valence electrons. The molecule has 0 saturated carbocycles. The summed E-state index contributed by atoms with van der Waals surface area (Å²) in [5.74, 6) is 1.29. The van der Waals surface area contributed by atoms with Crippen LogP contribution in [-0.2, 0) is 4.79 Å². The summed E-state index contributed by atoms with van der Waals surface area (Å²) in [5.41, 5.74) is 1.63. The number of carbonyl (C=O) groups is 1. The summed E-state index contributed by atoms with van der Waals surface area (Å²) < 4.78 is 10.6. The fraction of sp³-hybridized carbons (Fsp3) is 0.533. The molecule has 0 radical (unpaired) electrons. The van der Waals surface area contributed by atoms with E-state index < -0.39 is 0 Å². The summed E-state index contributed by atoms with van der Waals surface area (Å²) in [5, 5.41) is 3.33. The molecule has 1 aromatic rings. The standard InChI is InChI=1S/C15H24N2O3/c1-7-15(18)17(4)12-9-14(20-6)13(19-5)8-11(12)16-10(2)3/h8-10,16H,7H2,1-6H3. The third kappa shape index (κ3) is 3.56. The van der Waals surface area contributed by atoms with Crippen molar-refractivity contribution < 1.29 is 14.3 Å². The molecule has 1 aromatic carbocycles. The highest BCUT2D eigenvalue weighted by molar-refractivity contribution is 5.96. The average molecular weight is 280 g/mol. The Morgan fingerprint density at radius 2 is 1.80 bits per heavy atom. The maximum absolute atomic E-state index is 11.9. The van der Waals surface area contributed by atoms with Crippen molar-refractivity contribution in [3.8, 4) is 11.5 Å². The number of nitrogens with one attached hydrogen (secondary N) is 1. The minimum atomic E-state index is 0.0454. The Labute approximate surface area is 120 Å². The van der Waals surface area contributed by atoms with Crippen LogP contribution in [0.2, 0.25) is 0 Å². The fourth-order valence-corrected chi connectivity index (χ4v) is 1.94. The van der Waals surface area contributed by atoms with E-state index in [2.05, 4.69) is 5.32 Å². The summed E-state index contributed by atoms with van der Waals surface area (Å²) in [6.07, 6.45) is 0.450. The summed E-state index contributed by atoms with van der Waals surface area (Å²) >= 11 is 0. The molecule has 1 amide bonds. The van der Waals surface area contributed by atoms with Crippen molar-refractivity contribution in [3.63, 3.8) is 0 Å². The quantitative estimate of drug-likeness (QED) is 0.870. The Balaban J connectivity index is 3.33. The maximum Gasteiger partial charge on any atom is 0.226 e. The molecular weight excluding hydrogens is 256 g/mol. The predicted octanol–water partition coefficient (Wildman–Crippen LogP) is 2.90. The highest BCUT2D eigenvalue weighted by Crippen LogP contribution is 2.38. The molecule has 20 heavy (non-hydrogen) atoms. The van der Waals surface area contributed by atoms with E-state index in [0.717, 1.165) is 11.4 Å². The molecule has 0 aromatic heterocycles. The molecule has 1 N–H and O–H groups in total. The zero-order valence-electron chi connectivity index (χ0n) is 13.1. The van der Waals surface area contributed by atoms with Gasteiger partial charge in [0.2, 0.25) is 5.91 Å². The Morgan fingerprint density at radius 3 is 2.25 bits per heavy atom. The highest BCUT2D eigenvalue weighted by Gasteiger charge is 2.18. The normalized spacial score (nSPS) is 10.3. The van der Waals surface area contributed by atoms with Gasteiger partial charge in [-0.2, -0.15) is 0 Å². The number of benzene rings is 1. The third-order valence-electron chi connectivity index (χ3n) is 2.98. The molecule has 1 rings (SSSR count). The number of anilines is 2. The smallest absolute Gasteiger partial charge is 0.226 e. The lowest BCUT2D eigenvalue weighted by Crippen LogP contribution is -2.26. The number of hydrogen-bond acceptors (Lipinski definition) is 4. The van der Waals surface area contributed by atoms with Gasteiger partial charge >= 0.3 is 0 Å². The molecule has 0 fully saturated rings. The van der Waals surface area contributed by atoms with Gasteiger partial charge in [-0.05, 0) is 13.8 Å². The van der Waals surface area contributed by atoms with E-state index in [-0.39, 0.29) is 11.9 Å². The Hall–Kier alpha value is -1.91. The SMILES string of the molecule is CCC(=O)N(C)c1cc(OC)c(OC)cc1NC(C)C. The Bertz CT molecular complexity index is 472. The van der Waals surface area contributed by atoms with Crippen molar-refractivity contribution in [1.29, 1.82) is 0 Å². The van der Waals surface area contributed by atoms with Gasteiger partial charge < -0.3 is 19.7 Å². The monoisotopic (exact) mass is 280 g/mol. The van der Waals surface area contributed by atoms with Crippen molar-refractivity contribution in [2.24, 2.45) is 0 Å². The van der Waals surface area contributed by atoms with E-state index in [1.54, 1.807) is 26.2 Å². The molecule has 0 aliphatic carbocycles. The van der Waals surface area contributed by atoms with Gasteiger partial charge in [-0.25, -0.2) is 0 Å². The number of ether oxygens (including phenoxy) is 2. The zero-order valence-corrected chi connectivity index (χ0v) is 13.1. The van der Waals surface area contributed by atoms with Gasteiger partial charge in [-0.15, -0.1) is 0 Å². The van der Waals surface area contributed by atoms with E-state index in [9.17, 15) is 4.79 Å². The van der Waals surface area contributed by atoms with Crippen molar-refractivity contribution in [1.82, 2.24) is 0 Å². The van der Waals surface area contributed by atoms with E-state index in [4.69, 9.17) is 9.47 Å². The van der Waals surface area contributed by atoms with Crippen LogP contribution in [0.25, 0.3) is 0 Å². The molecular formula is C15H24N2O3. The van der Waals surface area contributed by atoms with Gasteiger partial charge in [0.1, 0.15) is 0 Å². The third-order valence-corrected chi connectivity index (χ3v) is 2.98. The van der Waals surface area contributed by atoms with Crippen LogP contribution in [0.3, 0.4) is 0 Å². The zero-order chi connectivity index (χ0) is 15.3. The highest BCUT2D eigenvalue weighted by atomic mass is 16.5. The van der Waals surface area contributed by atoms with Crippen LogP contribution < -0.4 is 19.7 Å². The topological polar surface area (TPSA) is 50.8 Å². The molecule has 0 saturated heterocycles. The summed E-state index contributed by atoms with van der Waals surface area (Å²) in [6, 6.07) is 3.92. The van der Waals surface area contributed by atoms with Gasteiger partial charge in [0, 0.05) is 31.6 Å². The Morgan fingerprint density at radius 1 is 1.25 bits per heavy atom. The van der Waals surface area contributed by atoms with Crippen LogP contribution in [0, 0.1) is 0 Å². The molecule has 0 aliphatic heterocycles. The van der Waals surface area contributed by atoms with Crippen molar-refractivity contribution in [3.05, 3.63) is 12.1 Å². The van der Waals surface area contributed by atoms with Gasteiger partial charge in [0.15, 0.2) is 11.5 Å². The number of nitrogens with zero attached hydrogens (tertiary/aromatic N) is 1. The summed E-state index contributed by atoms with van der Waals surface area (Å²) in [6.45, 7) is 5.93. The number of carbonyl (C=O) groups excluding carboxylic acids is 1. The van der Waals surface area contributed by atoms with E-state index in [0.29, 0.717) is 17.9 Å². The first-order valence-corrected chi connectivity index (χ1v) is 6.73. The van der Waals surface area contributed by atoms with Gasteiger partial charge in [-0.1, -0.05) is 6.92 Å². The van der Waals surface area contributed by atoms with Crippen LogP contribution in [0.4, 0.5) is 11.4 Å². The van der Waals surface area contributed by atoms with Gasteiger partial charge in [-0.3, -0.25) is 4.79 Å². The number of methoxy groups -OCH3 is 2. The lowest BCUT2D eigenvalue weighted by molar-refractivity contribution is -0.118. The second-order valence-electron chi connectivity index (χ2n) is 4.83. The molecule has 5 heteroatoms. The molecule has 0 bridgehead atoms. The minimum Gasteiger partial charge on any atom is -0.493 e. The molecule has 0 heterocycles. The fourth-order valence-electron chi connectivity index (χ4n) is 1.94. The van der Waals surface area contributed by atoms with Crippen LogP contribution in [0.5, 0.6) is 11.5 Å². The Kier molecular flexibility index (Phi) is 5.67. The number of amides is 1. The van der Waals surface area contributed by atoms with E-state index in [1.807, 2.05) is 32.9 Å². The first-order valence-electron chi connectivity index (χ1n) is 6.73. The van der Waals surface area contributed by atoms with E-state index in [1.165, 1.54) is 0 Å². The van der Waals surface area contributed by atoms with Crippen molar-refractivity contribution in [2.45, 2.75) is 33.2 Å². The first kappa shape index (κ1) is 16.1. The van der Waals surface area contributed by atoms with E-state index >= 15 is 0 Å². The van der Waals surface area contributed by atoms with Crippen LogP contribution in [-0.4, -0.2) is 33.2 Å². The van der Waals surface area contributed by atoms with Crippen molar-refractivity contribution in [2.75, 3.05) is 31.5 Å². The predicted molar refractivity (Wildman–Crippen MR) is 82.0 cm³/mol. The average Bonchev–Trinajstić information content (AvgIpc) is 2.44. The molecule has 0 atom stereocenters. The van der Waals surface area contributed by atoms with Gasteiger partial charge in [0.05, 0.1) is 25.6 Å². The molecule has 0 aliphatic rings. The molecule has 5 nitrogen and oxygen atoms in total. The lowest BCUT2D eigenvalue weighted by atomic mass is 10.2. The van der Waals surface area contributed by atoms with Crippen LogP contribution in [0.1, 0.15) is 27.2 Å². The summed E-state index contributed by atoms with van der Waals surface area (Å²) in [4.78, 5) is 13.6. The number of rotatable bonds is 6. The lowest BCUT2D eigenvalue weighted by Gasteiger charge is -2.24. The first-order chi connectivity index (χ1) is 9.44. The minimum absolute atomic E-state index is 0.0454. The number of hydrogen-bond donors (Lipinski definition) is 1. The van der Waals surface area contributed by atoms with Crippen LogP contribution >= 0.6 is 0 Å². The van der Waals surface area contributed by atoms with Crippen LogP contribution in [0.15, 0.2) is 12.1 Å². The molecule has 0 unspecified atom stereocenters. The second kappa shape index (κ2) is 7.03.